The van der Waals surface area contributed by atoms with Crippen molar-refractivity contribution in [2.45, 2.75) is 25.7 Å². The zero-order valence-electron chi connectivity index (χ0n) is 11.9. The lowest BCUT2D eigenvalue weighted by Crippen LogP contribution is -2.29. The van der Waals surface area contributed by atoms with E-state index in [-0.39, 0.29) is 25.0 Å². The molecule has 1 aromatic rings. The maximum atomic E-state index is 11.3. The minimum atomic E-state index is -0.323. The lowest BCUT2D eigenvalue weighted by Gasteiger charge is -2.19. The van der Waals surface area contributed by atoms with Crippen LogP contribution in [0.3, 0.4) is 0 Å². The lowest BCUT2D eigenvalue weighted by atomic mass is 9.90. The maximum absolute atomic E-state index is 11.3. The second-order valence-corrected chi connectivity index (χ2v) is 4.91. The molecular weight excluding hydrogens is 266 g/mol. The van der Waals surface area contributed by atoms with Gasteiger partial charge in [0, 0.05) is 5.69 Å². The Morgan fingerprint density at radius 2 is 2.19 bits per heavy atom. The number of aliphatic imine (C=N–C) groups is 1. The van der Waals surface area contributed by atoms with Gasteiger partial charge in [-0.25, -0.2) is 4.99 Å². The minimum absolute atomic E-state index is 0.0200. The second-order valence-electron chi connectivity index (χ2n) is 4.91. The molecule has 0 atom stereocenters. The number of guanidine groups is 1. The van der Waals surface area contributed by atoms with Crippen molar-refractivity contribution in [3.63, 3.8) is 0 Å². The number of hydrogen-bond donors (Lipinski definition) is 3. The largest absolute Gasteiger partial charge is 0.370 e. The Kier molecular flexibility index (Phi) is 5.16. The van der Waals surface area contributed by atoms with E-state index in [0.29, 0.717) is 0 Å². The van der Waals surface area contributed by atoms with Gasteiger partial charge in [-0.15, -0.1) is 0 Å². The Labute approximate surface area is 124 Å². The standard InChI is InChI=1S/C15H19N5O/c16-8-9-18-14(21)10-19-15(17)20-13-7-3-5-11-4-1-2-6-12(11)13/h3,5,7H,1-2,4,6,9-10H2,(H,18,21)(H3,17,19,20). The highest BCUT2D eigenvalue weighted by atomic mass is 16.1. The molecule has 0 radical (unpaired) electrons. The summed E-state index contributed by atoms with van der Waals surface area (Å²) in [7, 11) is 0. The number of benzene rings is 1. The Hall–Kier alpha value is -2.55. The topological polar surface area (TPSA) is 103 Å². The smallest absolute Gasteiger partial charge is 0.242 e. The van der Waals surface area contributed by atoms with Crippen LogP contribution < -0.4 is 16.4 Å². The fourth-order valence-corrected chi connectivity index (χ4v) is 2.43. The van der Waals surface area contributed by atoms with Gasteiger partial charge in [0.25, 0.3) is 0 Å². The molecule has 0 heterocycles. The zero-order valence-corrected chi connectivity index (χ0v) is 11.9. The van der Waals surface area contributed by atoms with Crippen molar-refractivity contribution in [1.82, 2.24) is 5.32 Å². The molecule has 0 spiro atoms. The molecule has 0 fully saturated rings. The molecule has 0 unspecified atom stereocenters. The van der Waals surface area contributed by atoms with Crippen molar-refractivity contribution < 1.29 is 4.79 Å². The third-order valence-electron chi connectivity index (χ3n) is 3.42. The summed E-state index contributed by atoms with van der Waals surface area (Å²) in [4.78, 5) is 15.3. The quantitative estimate of drug-likeness (QED) is 0.435. The van der Waals surface area contributed by atoms with Gasteiger partial charge < -0.3 is 16.4 Å². The molecule has 1 aromatic carbocycles. The second kappa shape index (κ2) is 7.29. The molecular formula is C15H19N5O. The summed E-state index contributed by atoms with van der Waals surface area (Å²) in [6, 6.07) is 7.95. The highest BCUT2D eigenvalue weighted by Crippen LogP contribution is 2.27. The molecule has 21 heavy (non-hydrogen) atoms. The molecule has 1 aliphatic rings. The number of nitrogens with one attached hydrogen (secondary N) is 2. The van der Waals surface area contributed by atoms with Gasteiger partial charge in [0.2, 0.25) is 5.91 Å². The average Bonchev–Trinajstić information content (AvgIpc) is 2.51. The first-order chi connectivity index (χ1) is 10.2. The number of anilines is 1. The third-order valence-corrected chi connectivity index (χ3v) is 3.42. The van der Waals surface area contributed by atoms with E-state index in [0.717, 1.165) is 18.5 Å². The summed E-state index contributed by atoms with van der Waals surface area (Å²) in [6.07, 6.45) is 4.53. The van der Waals surface area contributed by atoms with Gasteiger partial charge >= 0.3 is 0 Å². The molecule has 1 aliphatic carbocycles. The van der Waals surface area contributed by atoms with Crippen LogP contribution in [0.5, 0.6) is 0 Å². The number of nitrogens with two attached hydrogens (primary N) is 1. The van der Waals surface area contributed by atoms with Crippen LogP contribution in [0, 0.1) is 11.3 Å². The van der Waals surface area contributed by atoms with Gasteiger partial charge in [-0.2, -0.15) is 5.26 Å². The number of fused-ring (bicyclic) bond motifs is 1. The predicted molar refractivity (Wildman–Crippen MR) is 81.8 cm³/mol. The van der Waals surface area contributed by atoms with Crippen LogP contribution in [-0.2, 0) is 17.6 Å². The van der Waals surface area contributed by atoms with E-state index >= 15 is 0 Å². The van der Waals surface area contributed by atoms with E-state index in [2.05, 4.69) is 21.7 Å². The highest BCUT2D eigenvalue weighted by Gasteiger charge is 2.13. The number of carbonyl (C=O) groups excluding carboxylic acids is 1. The van der Waals surface area contributed by atoms with E-state index in [1.807, 2.05) is 18.2 Å². The molecule has 0 aromatic heterocycles. The fraction of sp³-hybridized carbons (Fsp3) is 0.400. The Bertz CT molecular complexity index is 588. The van der Waals surface area contributed by atoms with Crippen LogP contribution in [-0.4, -0.2) is 25.0 Å². The van der Waals surface area contributed by atoms with Crippen LogP contribution in [0.2, 0.25) is 0 Å². The summed E-state index contributed by atoms with van der Waals surface area (Å²) < 4.78 is 0. The van der Waals surface area contributed by atoms with Crippen molar-refractivity contribution in [3.05, 3.63) is 29.3 Å². The van der Waals surface area contributed by atoms with Crippen LogP contribution in [0.25, 0.3) is 0 Å². The molecule has 6 heteroatoms. The summed E-state index contributed by atoms with van der Waals surface area (Å²) in [5, 5.41) is 13.8. The Balaban J connectivity index is 1.98. The van der Waals surface area contributed by atoms with E-state index in [1.54, 1.807) is 0 Å². The minimum Gasteiger partial charge on any atom is -0.370 e. The molecule has 0 aliphatic heterocycles. The van der Waals surface area contributed by atoms with Gasteiger partial charge in [-0.1, -0.05) is 12.1 Å². The van der Waals surface area contributed by atoms with Crippen LogP contribution >= 0.6 is 0 Å². The van der Waals surface area contributed by atoms with E-state index in [1.165, 1.54) is 24.0 Å². The predicted octanol–water partition coefficient (Wildman–Crippen LogP) is 0.932. The molecule has 1 amide bonds. The summed E-state index contributed by atoms with van der Waals surface area (Å²) in [5.41, 5.74) is 9.41. The van der Waals surface area contributed by atoms with Crippen LogP contribution in [0.1, 0.15) is 24.0 Å². The van der Waals surface area contributed by atoms with Crippen molar-refractivity contribution >= 4 is 17.6 Å². The number of rotatable bonds is 4. The number of amides is 1. The number of carbonyl (C=O) groups is 1. The molecule has 0 bridgehead atoms. The summed E-state index contributed by atoms with van der Waals surface area (Å²) in [6.45, 7) is -0.108. The number of nitriles is 1. The van der Waals surface area contributed by atoms with Crippen LogP contribution in [0.15, 0.2) is 23.2 Å². The van der Waals surface area contributed by atoms with Crippen LogP contribution in [0.4, 0.5) is 5.69 Å². The number of nitrogens with zero attached hydrogens (tertiary/aromatic N) is 2. The average molecular weight is 285 g/mol. The molecule has 2 rings (SSSR count). The first-order valence-electron chi connectivity index (χ1n) is 7.02. The normalized spacial score (nSPS) is 14.0. The van der Waals surface area contributed by atoms with E-state index in [9.17, 15) is 4.79 Å². The highest BCUT2D eigenvalue weighted by molar-refractivity contribution is 5.94. The number of aryl methyl sites for hydroxylation is 1. The third kappa shape index (κ3) is 4.21. The molecule has 0 saturated heterocycles. The summed E-state index contributed by atoms with van der Waals surface area (Å²) >= 11 is 0. The lowest BCUT2D eigenvalue weighted by molar-refractivity contribution is -0.119. The Morgan fingerprint density at radius 3 is 3.00 bits per heavy atom. The first kappa shape index (κ1) is 14.9. The molecule has 4 N–H and O–H groups in total. The maximum Gasteiger partial charge on any atom is 0.242 e. The molecule has 6 nitrogen and oxygen atoms in total. The fourth-order valence-electron chi connectivity index (χ4n) is 2.43. The summed E-state index contributed by atoms with van der Waals surface area (Å²) in [5.74, 6) is -0.113. The van der Waals surface area contributed by atoms with Gasteiger partial charge in [0.1, 0.15) is 13.1 Å². The molecule has 110 valence electrons. The number of hydrogen-bond acceptors (Lipinski definition) is 3. The SMILES string of the molecule is N#CCNC(=O)CN=C(N)Nc1cccc2c1CCCC2. The van der Waals surface area contributed by atoms with Crippen molar-refractivity contribution in [1.29, 1.82) is 5.26 Å². The van der Waals surface area contributed by atoms with Gasteiger partial charge in [-0.3, -0.25) is 4.79 Å². The van der Waals surface area contributed by atoms with E-state index in [4.69, 9.17) is 11.0 Å². The van der Waals surface area contributed by atoms with Crippen molar-refractivity contribution in [3.8, 4) is 6.07 Å². The van der Waals surface area contributed by atoms with Crippen molar-refractivity contribution in [2.24, 2.45) is 10.7 Å². The first-order valence-corrected chi connectivity index (χ1v) is 7.02. The molecule has 0 saturated carbocycles. The monoisotopic (exact) mass is 285 g/mol. The van der Waals surface area contributed by atoms with Gasteiger partial charge in [0.05, 0.1) is 6.07 Å². The van der Waals surface area contributed by atoms with Gasteiger partial charge in [-0.05, 0) is 42.9 Å². The van der Waals surface area contributed by atoms with Crippen molar-refractivity contribution in [2.75, 3.05) is 18.4 Å². The van der Waals surface area contributed by atoms with E-state index < -0.39 is 0 Å². The Morgan fingerprint density at radius 1 is 1.38 bits per heavy atom. The zero-order chi connectivity index (χ0) is 15.1. The van der Waals surface area contributed by atoms with Gasteiger partial charge in [0.15, 0.2) is 5.96 Å².